The Kier molecular flexibility index (Phi) is 4.00. The third-order valence-corrected chi connectivity index (χ3v) is 0.920. The molecule has 4 heteroatoms. The van der Waals surface area contributed by atoms with Crippen molar-refractivity contribution in [2.45, 2.75) is 6.10 Å². The second-order valence-electron chi connectivity index (χ2n) is 1.58. The van der Waals surface area contributed by atoms with Crippen molar-refractivity contribution >= 4 is 5.91 Å². The molecular formula is C5H11NO3. The fourth-order valence-electron chi connectivity index (χ4n) is 0.418. The number of ether oxygens (including phenoxy) is 2. The molecule has 0 fully saturated rings. The Morgan fingerprint density at radius 2 is 2.22 bits per heavy atom. The van der Waals surface area contributed by atoms with E-state index in [0.717, 1.165) is 0 Å². The first-order valence-electron chi connectivity index (χ1n) is 2.53. The fraction of sp³-hybridized carbons (Fsp3) is 0.800. The lowest BCUT2D eigenvalue weighted by molar-refractivity contribution is -0.130. The summed E-state index contributed by atoms with van der Waals surface area (Å²) in [6, 6.07) is 0. The number of amides is 1. The summed E-state index contributed by atoms with van der Waals surface area (Å²) in [5.74, 6) is -0.501. The van der Waals surface area contributed by atoms with Crippen LogP contribution in [0, 0.1) is 0 Å². The van der Waals surface area contributed by atoms with Gasteiger partial charge in [-0.15, -0.1) is 0 Å². The van der Waals surface area contributed by atoms with E-state index in [-0.39, 0.29) is 6.61 Å². The third-order valence-electron chi connectivity index (χ3n) is 0.920. The minimum absolute atomic E-state index is 0.214. The molecule has 0 aliphatic rings. The number of carbonyl (C=O) groups is 1. The van der Waals surface area contributed by atoms with E-state index in [1.54, 1.807) is 0 Å². The molecule has 0 radical (unpaired) electrons. The van der Waals surface area contributed by atoms with Gasteiger partial charge in [-0.2, -0.15) is 0 Å². The Balaban J connectivity index is 3.54. The maximum atomic E-state index is 10.3. The molecule has 9 heavy (non-hydrogen) atoms. The van der Waals surface area contributed by atoms with Crippen LogP contribution in [0.25, 0.3) is 0 Å². The molecule has 0 aromatic rings. The number of hydrogen-bond donors (Lipinski definition) is 1. The molecule has 0 aromatic heterocycles. The van der Waals surface area contributed by atoms with Gasteiger partial charge in [-0.1, -0.05) is 0 Å². The number of primary amides is 1. The molecule has 1 amide bonds. The second-order valence-corrected chi connectivity index (χ2v) is 1.58. The summed E-state index contributed by atoms with van der Waals surface area (Å²) in [6.07, 6.45) is -0.616. The summed E-state index contributed by atoms with van der Waals surface area (Å²) in [5, 5.41) is 0. The third kappa shape index (κ3) is 3.05. The molecule has 0 saturated carbocycles. The Morgan fingerprint density at radius 3 is 2.33 bits per heavy atom. The van der Waals surface area contributed by atoms with Gasteiger partial charge in [0.1, 0.15) is 0 Å². The minimum atomic E-state index is -0.616. The number of carbonyl (C=O) groups excluding carboxylic acids is 1. The molecular weight excluding hydrogens is 122 g/mol. The Hall–Kier alpha value is -0.610. The molecule has 0 saturated heterocycles. The quantitative estimate of drug-likeness (QED) is 0.542. The van der Waals surface area contributed by atoms with Crippen molar-refractivity contribution in [2.24, 2.45) is 5.73 Å². The summed E-state index contributed by atoms with van der Waals surface area (Å²) < 4.78 is 9.28. The van der Waals surface area contributed by atoms with E-state index in [2.05, 4.69) is 9.47 Å². The van der Waals surface area contributed by atoms with E-state index in [1.165, 1.54) is 14.2 Å². The molecule has 0 spiro atoms. The highest BCUT2D eigenvalue weighted by Gasteiger charge is 2.12. The molecule has 0 unspecified atom stereocenters. The highest BCUT2D eigenvalue weighted by atomic mass is 16.5. The average Bonchev–Trinajstić information content (AvgIpc) is 1.82. The van der Waals surface area contributed by atoms with E-state index in [4.69, 9.17) is 5.73 Å². The van der Waals surface area contributed by atoms with Gasteiger partial charge < -0.3 is 15.2 Å². The van der Waals surface area contributed by atoms with Crippen LogP contribution in [-0.4, -0.2) is 32.8 Å². The Labute approximate surface area is 53.9 Å². The molecule has 0 aromatic carbocycles. The molecule has 0 bridgehead atoms. The first-order valence-corrected chi connectivity index (χ1v) is 2.53. The van der Waals surface area contributed by atoms with Crippen LogP contribution in [0.2, 0.25) is 0 Å². The topological polar surface area (TPSA) is 61.6 Å². The van der Waals surface area contributed by atoms with Crippen molar-refractivity contribution in [3.63, 3.8) is 0 Å². The van der Waals surface area contributed by atoms with Crippen LogP contribution in [0.3, 0.4) is 0 Å². The summed E-state index contributed by atoms with van der Waals surface area (Å²) in [5.41, 5.74) is 4.89. The highest BCUT2D eigenvalue weighted by Crippen LogP contribution is 1.87. The molecule has 1 atom stereocenters. The monoisotopic (exact) mass is 133 g/mol. The zero-order valence-electron chi connectivity index (χ0n) is 5.59. The zero-order chi connectivity index (χ0) is 7.28. The summed E-state index contributed by atoms with van der Waals surface area (Å²) in [6.45, 7) is 0.214. The molecule has 0 aliphatic heterocycles. The standard InChI is InChI=1S/C5H11NO3/c1-8-3-4(9-2)5(6)7/h4H,3H2,1-2H3,(H2,6,7)/t4-/m1/s1. The summed E-state index contributed by atoms with van der Waals surface area (Å²) >= 11 is 0. The van der Waals surface area contributed by atoms with Gasteiger partial charge in [-0.25, -0.2) is 0 Å². The van der Waals surface area contributed by atoms with E-state index < -0.39 is 12.0 Å². The molecule has 0 rings (SSSR count). The van der Waals surface area contributed by atoms with Gasteiger partial charge in [-0.05, 0) is 0 Å². The van der Waals surface area contributed by atoms with Crippen molar-refractivity contribution in [2.75, 3.05) is 20.8 Å². The lowest BCUT2D eigenvalue weighted by atomic mass is 10.4. The maximum Gasteiger partial charge on any atom is 0.248 e. The lowest BCUT2D eigenvalue weighted by Gasteiger charge is -2.08. The number of methoxy groups -OCH3 is 2. The van der Waals surface area contributed by atoms with E-state index in [0.29, 0.717) is 0 Å². The lowest BCUT2D eigenvalue weighted by Crippen LogP contribution is -2.33. The normalized spacial score (nSPS) is 13.1. The predicted molar refractivity (Wildman–Crippen MR) is 31.9 cm³/mol. The van der Waals surface area contributed by atoms with Gasteiger partial charge in [0, 0.05) is 14.2 Å². The van der Waals surface area contributed by atoms with Crippen LogP contribution >= 0.6 is 0 Å². The van der Waals surface area contributed by atoms with E-state index in [9.17, 15) is 4.79 Å². The fourth-order valence-corrected chi connectivity index (χ4v) is 0.418. The van der Waals surface area contributed by atoms with Crippen LogP contribution < -0.4 is 5.73 Å². The minimum Gasteiger partial charge on any atom is -0.381 e. The maximum absolute atomic E-state index is 10.3. The molecule has 0 aliphatic carbocycles. The zero-order valence-corrected chi connectivity index (χ0v) is 5.59. The van der Waals surface area contributed by atoms with Crippen molar-refractivity contribution < 1.29 is 14.3 Å². The van der Waals surface area contributed by atoms with Crippen LogP contribution in [-0.2, 0) is 14.3 Å². The SMILES string of the molecule is COC[C@@H](OC)C(N)=O. The van der Waals surface area contributed by atoms with Crippen LogP contribution in [0.1, 0.15) is 0 Å². The number of nitrogens with two attached hydrogens (primary N) is 1. The molecule has 4 nitrogen and oxygen atoms in total. The van der Waals surface area contributed by atoms with Crippen molar-refractivity contribution in [1.29, 1.82) is 0 Å². The van der Waals surface area contributed by atoms with Crippen molar-refractivity contribution in [3.05, 3.63) is 0 Å². The summed E-state index contributed by atoms with van der Waals surface area (Å²) in [7, 11) is 2.89. The van der Waals surface area contributed by atoms with Crippen LogP contribution in [0.15, 0.2) is 0 Å². The van der Waals surface area contributed by atoms with Gasteiger partial charge in [0.2, 0.25) is 5.91 Å². The largest absolute Gasteiger partial charge is 0.381 e. The molecule has 0 heterocycles. The first kappa shape index (κ1) is 8.39. The van der Waals surface area contributed by atoms with Crippen molar-refractivity contribution in [3.8, 4) is 0 Å². The van der Waals surface area contributed by atoms with Gasteiger partial charge in [0.25, 0.3) is 0 Å². The van der Waals surface area contributed by atoms with Gasteiger partial charge in [0.05, 0.1) is 6.61 Å². The van der Waals surface area contributed by atoms with Crippen LogP contribution in [0.5, 0.6) is 0 Å². The predicted octanol–water partition coefficient (Wildman–Crippen LogP) is -0.867. The number of hydrogen-bond acceptors (Lipinski definition) is 3. The molecule has 54 valence electrons. The smallest absolute Gasteiger partial charge is 0.248 e. The van der Waals surface area contributed by atoms with Crippen molar-refractivity contribution in [1.82, 2.24) is 0 Å². The van der Waals surface area contributed by atoms with E-state index >= 15 is 0 Å². The summed E-state index contributed by atoms with van der Waals surface area (Å²) in [4.78, 5) is 10.3. The second kappa shape index (κ2) is 4.29. The average molecular weight is 133 g/mol. The van der Waals surface area contributed by atoms with Gasteiger partial charge in [0.15, 0.2) is 6.10 Å². The Morgan fingerprint density at radius 1 is 1.67 bits per heavy atom. The van der Waals surface area contributed by atoms with Crippen LogP contribution in [0.4, 0.5) is 0 Å². The van der Waals surface area contributed by atoms with E-state index in [1.807, 2.05) is 0 Å². The Bertz CT molecular complexity index is 94.2. The first-order chi connectivity index (χ1) is 4.22. The highest BCUT2D eigenvalue weighted by molar-refractivity contribution is 5.78. The van der Waals surface area contributed by atoms with Gasteiger partial charge in [-0.3, -0.25) is 4.79 Å². The van der Waals surface area contributed by atoms with Gasteiger partial charge >= 0.3 is 0 Å². The number of rotatable bonds is 4. The molecule has 2 N–H and O–H groups in total.